The van der Waals surface area contributed by atoms with Gasteiger partial charge < -0.3 is 9.80 Å². The molecule has 5 rings (SSSR count). The SMILES string of the molecule is CCn1ncc2c(N3CCN(C)CC3)c3c(nc21)C(=O)c1ccccc1CC3. The monoisotopic (exact) mass is 375 g/mol. The molecule has 0 unspecified atom stereocenters. The van der Waals surface area contributed by atoms with E-state index in [1.54, 1.807) is 0 Å². The van der Waals surface area contributed by atoms with Crippen molar-refractivity contribution in [3.05, 3.63) is 52.8 Å². The molecule has 6 heteroatoms. The van der Waals surface area contributed by atoms with E-state index in [0.29, 0.717) is 5.69 Å². The van der Waals surface area contributed by atoms with Crippen molar-refractivity contribution in [2.45, 2.75) is 26.3 Å². The second-order valence-corrected chi connectivity index (χ2v) is 7.76. The summed E-state index contributed by atoms with van der Waals surface area (Å²) >= 11 is 0. The Kier molecular flexibility index (Phi) is 4.16. The van der Waals surface area contributed by atoms with Crippen LogP contribution in [0.15, 0.2) is 30.5 Å². The summed E-state index contributed by atoms with van der Waals surface area (Å²) in [5.74, 6) is 0.0456. The van der Waals surface area contributed by atoms with E-state index in [9.17, 15) is 4.79 Å². The standard InChI is InChI=1S/C22H25N5O/c1-3-27-22-18(14-23-27)20(26-12-10-25(2)11-13-26)17-9-8-15-6-4-5-7-16(15)21(28)19(17)24-22/h4-7,14H,3,8-13H2,1-2H3. The minimum absolute atomic E-state index is 0.0456. The zero-order valence-corrected chi connectivity index (χ0v) is 16.5. The van der Waals surface area contributed by atoms with Gasteiger partial charge in [-0.05, 0) is 32.4 Å². The predicted octanol–water partition coefficient (Wildman–Crippen LogP) is 2.53. The summed E-state index contributed by atoms with van der Waals surface area (Å²) in [5, 5.41) is 5.63. The second-order valence-electron chi connectivity index (χ2n) is 7.76. The molecule has 2 aliphatic rings. The average molecular weight is 375 g/mol. The molecule has 0 N–H and O–H groups in total. The molecule has 1 aliphatic carbocycles. The van der Waals surface area contributed by atoms with E-state index in [1.165, 1.54) is 5.69 Å². The Morgan fingerprint density at radius 3 is 2.64 bits per heavy atom. The van der Waals surface area contributed by atoms with E-state index in [1.807, 2.05) is 29.1 Å². The third kappa shape index (κ3) is 2.63. The summed E-state index contributed by atoms with van der Waals surface area (Å²) in [6.07, 6.45) is 3.63. The number of ketones is 1. The van der Waals surface area contributed by atoms with Crippen LogP contribution in [0.4, 0.5) is 5.69 Å². The van der Waals surface area contributed by atoms with Crippen LogP contribution in [0.25, 0.3) is 11.0 Å². The lowest BCUT2D eigenvalue weighted by atomic mass is 10.0. The van der Waals surface area contributed by atoms with Crippen molar-refractivity contribution in [3.8, 4) is 0 Å². The van der Waals surface area contributed by atoms with Crippen molar-refractivity contribution in [2.75, 3.05) is 38.1 Å². The second kappa shape index (κ2) is 6.71. The Hall–Kier alpha value is -2.73. The number of anilines is 1. The zero-order chi connectivity index (χ0) is 19.3. The Labute approximate surface area is 164 Å². The van der Waals surface area contributed by atoms with Crippen LogP contribution >= 0.6 is 0 Å². The highest BCUT2D eigenvalue weighted by Crippen LogP contribution is 2.36. The maximum Gasteiger partial charge on any atom is 0.212 e. The third-order valence-electron chi connectivity index (χ3n) is 6.10. The van der Waals surface area contributed by atoms with Gasteiger partial charge >= 0.3 is 0 Å². The van der Waals surface area contributed by atoms with E-state index in [4.69, 9.17) is 4.98 Å². The lowest BCUT2D eigenvalue weighted by Gasteiger charge is -2.35. The Morgan fingerprint density at radius 2 is 1.86 bits per heavy atom. The maximum atomic E-state index is 13.5. The minimum atomic E-state index is 0.0456. The molecule has 1 fully saturated rings. The number of hydrogen-bond donors (Lipinski definition) is 0. The van der Waals surface area contributed by atoms with Gasteiger partial charge in [-0.15, -0.1) is 0 Å². The molecule has 3 aromatic rings. The van der Waals surface area contributed by atoms with Crippen LogP contribution in [0.5, 0.6) is 0 Å². The van der Waals surface area contributed by atoms with Gasteiger partial charge in [0.15, 0.2) is 5.65 Å². The van der Waals surface area contributed by atoms with Gasteiger partial charge in [0.1, 0.15) is 5.69 Å². The molecule has 1 aromatic carbocycles. The number of aryl methyl sites for hydroxylation is 2. The van der Waals surface area contributed by atoms with Gasteiger partial charge in [-0.2, -0.15) is 5.10 Å². The van der Waals surface area contributed by atoms with Gasteiger partial charge in [-0.1, -0.05) is 24.3 Å². The molecule has 3 heterocycles. The first-order valence-corrected chi connectivity index (χ1v) is 10.1. The molecule has 0 spiro atoms. The van der Waals surface area contributed by atoms with Gasteiger partial charge in [-0.25, -0.2) is 9.67 Å². The number of carbonyl (C=O) groups excluding carboxylic acids is 1. The summed E-state index contributed by atoms with van der Waals surface area (Å²) in [6.45, 7) is 6.76. The number of hydrogen-bond acceptors (Lipinski definition) is 5. The lowest BCUT2D eigenvalue weighted by Crippen LogP contribution is -2.45. The third-order valence-corrected chi connectivity index (χ3v) is 6.10. The molecule has 2 aromatic heterocycles. The first-order valence-electron chi connectivity index (χ1n) is 10.1. The number of piperazine rings is 1. The first kappa shape index (κ1) is 17.4. The fraction of sp³-hybridized carbons (Fsp3) is 0.409. The van der Waals surface area contributed by atoms with Gasteiger partial charge in [-0.3, -0.25) is 4.79 Å². The fourth-order valence-corrected chi connectivity index (χ4v) is 4.51. The van der Waals surface area contributed by atoms with Gasteiger partial charge in [0.05, 0.1) is 17.3 Å². The molecule has 1 saturated heterocycles. The Balaban J connectivity index is 1.75. The van der Waals surface area contributed by atoms with E-state index < -0.39 is 0 Å². The highest BCUT2D eigenvalue weighted by Gasteiger charge is 2.30. The van der Waals surface area contributed by atoms with Crippen LogP contribution in [-0.4, -0.2) is 58.7 Å². The number of pyridine rings is 1. The summed E-state index contributed by atoms with van der Waals surface area (Å²) in [6, 6.07) is 7.97. The molecule has 0 bridgehead atoms. The van der Waals surface area contributed by atoms with Crippen LogP contribution in [0.2, 0.25) is 0 Å². The van der Waals surface area contributed by atoms with Crippen molar-refractivity contribution in [1.29, 1.82) is 0 Å². The molecular formula is C22H25N5O. The van der Waals surface area contributed by atoms with E-state index >= 15 is 0 Å². The number of likely N-dealkylation sites (N-methyl/N-ethyl adjacent to an activating group) is 1. The maximum absolute atomic E-state index is 13.5. The van der Waals surface area contributed by atoms with Gasteiger partial charge in [0.25, 0.3) is 0 Å². The summed E-state index contributed by atoms with van der Waals surface area (Å²) < 4.78 is 1.90. The topological polar surface area (TPSA) is 54.3 Å². The van der Waals surface area contributed by atoms with Crippen LogP contribution in [0.3, 0.4) is 0 Å². The number of rotatable bonds is 2. The number of fused-ring (bicyclic) bond motifs is 3. The largest absolute Gasteiger partial charge is 0.368 e. The zero-order valence-electron chi connectivity index (χ0n) is 16.5. The normalized spacial score (nSPS) is 17.5. The molecular weight excluding hydrogens is 350 g/mol. The molecule has 0 atom stereocenters. The predicted molar refractivity (Wildman–Crippen MR) is 110 cm³/mol. The molecule has 6 nitrogen and oxygen atoms in total. The molecule has 0 saturated carbocycles. The van der Waals surface area contributed by atoms with Crippen molar-refractivity contribution >= 4 is 22.5 Å². The van der Waals surface area contributed by atoms with Crippen LogP contribution in [0, 0.1) is 0 Å². The number of carbonyl (C=O) groups is 1. The van der Waals surface area contributed by atoms with E-state index in [2.05, 4.69) is 34.9 Å². The van der Waals surface area contributed by atoms with Crippen LogP contribution in [-0.2, 0) is 19.4 Å². The van der Waals surface area contributed by atoms with Crippen molar-refractivity contribution < 1.29 is 4.79 Å². The van der Waals surface area contributed by atoms with Crippen LogP contribution in [0.1, 0.15) is 34.1 Å². The van der Waals surface area contributed by atoms with E-state index in [-0.39, 0.29) is 5.78 Å². The Morgan fingerprint density at radius 1 is 1.07 bits per heavy atom. The number of aromatic nitrogens is 3. The first-order chi connectivity index (χ1) is 13.7. The van der Waals surface area contributed by atoms with Crippen molar-refractivity contribution in [3.63, 3.8) is 0 Å². The molecule has 1 aliphatic heterocycles. The summed E-state index contributed by atoms with van der Waals surface area (Å²) in [5.41, 5.74) is 5.61. The summed E-state index contributed by atoms with van der Waals surface area (Å²) in [7, 11) is 2.16. The quantitative estimate of drug-likeness (QED) is 0.689. The fourth-order valence-electron chi connectivity index (χ4n) is 4.51. The lowest BCUT2D eigenvalue weighted by molar-refractivity contribution is 0.103. The van der Waals surface area contributed by atoms with Gasteiger partial charge in [0.2, 0.25) is 5.78 Å². The highest BCUT2D eigenvalue weighted by atomic mass is 16.1. The molecule has 28 heavy (non-hydrogen) atoms. The summed E-state index contributed by atoms with van der Waals surface area (Å²) in [4.78, 5) is 23.1. The number of benzene rings is 1. The minimum Gasteiger partial charge on any atom is -0.368 e. The smallest absolute Gasteiger partial charge is 0.212 e. The van der Waals surface area contributed by atoms with E-state index in [0.717, 1.165) is 73.3 Å². The molecule has 0 radical (unpaired) electrons. The Bertz CT molecular complexity index is 1060. The highest BCUT2D eigenvalue weighted by molar-refractivity contribution is 6.12. The van der Waals surface area contributed by atoms with Crippen molar-refractivity contribution in [2.24, 2.45) is 0 Å². The molecule has 144 valence electrons. The van der Waals surface area contributed by atoms with Crippen LogP contribution < -0.4 is 4.90 Å². The number of nitrogens with zero attached hydrogens (tertiary/aromatic N) is 5. The molecule has 0 amide bonds. The average Bonchev–Trinajstić information content (AvgIpc) is 3.08. The van der Waals surface area contributed by atoms with Gasteiger partial charge in [0, 0.05) is 43.9 Å². The van der Waals surface area contributed by atoms with Crippen molar-refractivity contribution in [1.82, 2.24) is 19.7 Å².